The van der Waals surface area contributed by atoms with Crippen LogP contribution in [0.15, 0.2) is 95.4 Å². The standard InChI is InChI=1S/C26H24N2O2/c29-26(24-19-22-13-7-8-14-23(22)30-24)28-17-15-27(16-18-28)25(20-9-3-1-4-10-20)21-11-5-2-6-12-21/h1-14,19,25H,15-18H2/p+1. The van der Waals surface area contributed by atoms with Crippen LogP contribution in [0, 0.1) is 0 Å². The number of hydrogen-bond donors (Lipinski definition) is 1. The van der Waals surface area contributed by atoms with E-state index in [2.05, 4.69) is 60.7 Å². The first kappa shape index (κ1) is 18.6. The van der Waals surface area contributed by atoms with Gasteiger partial charge in [0.15, 0.2) is 5.76 Å². The number of nitrogens with one attached hydrogen (secondary N) is 1. The van der Waals surface area contributed by atoms with Crippen LogP contribution in [0.25, 0.3) is 11.0 Å². The van der Waals surface area contributed by atoms with E-state index in [-0.39, 0.29) is 11.9 Å². The van der Waals surface area contributed by atoms with Gasteiger partial charge >= 0.3 is 0 Å². The van der Waals surface area contributed by atoms with Crippen LogP contribution in [0.3, 0.4) is 0 Å². The molecule has 1 N–H and O–H groups in total. The van der Waals surface area contributed by atoms with Crippen molar-refractivity contribution in [1.82, 2.24) is 4.90 Å². The molecule has 150 valence electrons. The van der Waals surface area contributed by atoms with Crippen molar-refractivity contribution in [3.05, 3.63) is 108 Å². The smallest absolute Gasteiger partial charge is 0.290 e. The summed E-state index contributed by atoms with van der Waals surface area (Å²) in [5.74, 6) is 0.420. The summed E-state index contributed by atoms with van der Waals surface area (Å²) in [6.07, 6.45) is 0. The van der Waals surface area contributed by atoms with Crippen molar-refractivity contribution in [2.75, 3.05) is 26.2 Å². The maximum absolute atomic E-state index is 13.0. The Bertz CT molecular complexity index is 1060. The molecule has 1 aromatic heterocycles. The molecule has 0 atom stereocenters. The van der Waals surface area contributed by atoms with Crippen molar-refractivity contribution >= 4 is 16.9 Å². The van der Waals surface area contributed by atoms with Crippen LogP contribution in [0.5, 0.6) is 0 Å². The zero-order chi connectivity index (χ0) is 20.3. The molecule has 1 amide bonds. The molecule has 0 bridgehead atoms. The van der Waals surface area contributed by atoms with E-state index < -0.39 is 0 Å². The summed E-state index contributed by atoms with van der Waals surface area (Å²) >= 11 is 0. The number of piperazine rings is 1. The van der Waals surface area contributed by atoms with Crippen molar-refractivity contribution in [1.29, 1.82) is 0 Å². The Kier molecular flexibility index (Phi) is 5.08. The second-order valence-corrected chi connectivity index (χ2v) is 7.85. The molecule has 0 saturated carbocycles. The Labute approximate surface area is 176 Å². The zero-order valence-corrected chi connectivity index (χ0v) is 16.8. The van der Waals surface area contributed by atoms with Crippen LogP contribution >= 0.6 is 0 Å². The SMILES string of the molecule is O=C(c1cc2ccccc2o1)N1CC[NH+](C(c2ccccc2)c2ccccc2)CC1. The van der Waals surface area contributed by atoms with Crippen LogP contribution < -0.4 is 4.90 Å². The molecule has 0 spiro atoms. The summed E-state index contributed by atoms with van der Waals surface area (Å²) < 4.78 is 5.80. The second kappa shape index (κ2) is 8.17. The van der Waals surface area contributed by atoms with Gasteiger partial charge in [0, 0.05) is 16.5 Å². The fourth-order valence-electron chi connectivity index (χ4n) is 4.48. The summed E-state index contributed by atoms with van der Waals surface area (Å²) in [4.78, 5) is 16.4. The van der Waals surface area contributed by atoms with E-state index in [9.17, 15) is 4.79 Å². The Morgan fingerprint density at radius 2 is 1.37 bits per heavy atom. The molecule has 2 heterocycles. The Balaban J connectivity index is 1.34. The van der Waals surface area contributed by atoms with Crippen molar-refractivity contribution in [3.8, 4) is 0 Å². The molecule has 30 heavy (non-hydrogen) atoms. The number of benzene rings is 3. The van der Waals surface area contributed by atoms with Crippen LogP contribution in [-0.2, 0) is 0 Å². The number of nitrogens with zero attached hydrogens (tertiary/aromatic N) is 1. The lowest BCUT2D eigenvalue weighted by molar-refractivity contribution is -0.929. The third-order valence-electron chi connectivity index (χ3n) is 6.00. The first-order chi connectivity index (χ1) is 14.8. The Morgan fingerprint density at radius 1 is 0.800 bits per heavy atom. The first-order valence-electron chi connectivity index (χ1n) is 10.5. The summed E-state index contributed by atoms with van der Waals surface area (Å²) in [6, 6.07) is 31.2. The monoisotopic (exact) mass is 397 g/mol. The van der Waals surface area contributed by atoms with Gasteiger partial charge in [-0.05, 0) is 12.1 Å². The highest BCUT2D eigenvalue weighted by Gasteiger charge is 2.32. The number of carbonyl (C=O) groups excluding carboxylic acids is 1. The number of amides is 1. The molecule has 4 aromatic rings. The van der Waals surface area contributed by atoms with Gasteiger partial charge in [0.2, 0.25) is 0 Å². The summed E-state index contributed by atoms with van der Waals surface area (Å²) in [7, 11) is 0. The Morgan fingerprint density at radius 3 is 1.97 bits per heavy atom. The third kappa shape index (κ3) is 3.62. The number of quaternary nitrogens is 1. The molecule has 3 aromatic carbocycles. The topological polar surface area (TPSA) is 37.9 Å². The average molecular weight is 397 g/mol. The maximum Gasteiger partial charge on any atom is 0.290 e. The van der Waals surface area contributed by atoms with E-state index in [1.54, 1.807) is 0 Å². The molecular weight excluding hydrogens is 372 g/mol. The zero-order valence-electron chi connectivity index (χ0n) is 16.8. The van der Waals surface area contributed by atoms with Gasteiger partial charge < -0.3 is 14.2 Å². The predicted molar refractivity (Wildman–Crippen MR) is 118 cm³/mol. The molecule has 1 saturated heterocycles. The van der Waals surface area contributed by atoms with Gasteiger partial charge in [0.05, 0.1) is 26.2 Å². The molecule has 5 rings (SSSR count). The second-order valence-electron chi connectivity index (χ2n) is 7.85. The lowest BCUT2D eigenvalue weighted by atomic mass is 9.96. The maximum atomic E-state index is 13.0. The number of fused-ring (bicyclic) bond motifs is 1. The number of rotatable bonds is 4. The van der Waals surface area contributed by atoms with Crippen molar-refractivity contribution in [2.24, 2.45) is 0 Å². The third-order valence-corrected chi connectivity index (χ3v) is 6.00. The highest BCUT2D eigenvalue weighted by atomic mass is 16.3. The molecule has 1 aliphatic heterocycles. The quantitative estimate of drug-likeness (QED) is 0.572. The van der Waals surface area contributed by atoms with Crippen LogP contribution in [-0.4, -0.2) is 37.0 Å². The van der Waals surface area contributed by atoms with Crippen LogP contribution in [0.4, 0.5) is 0 Å². The molecule has 4 nitrogen and oxygen atoms in total. The fourth-order valence-corrected chi connectivity index (χ4v) is 4.48. The minimum Gasteiger partial charge on any atom is -0.451 e. The van der Waals surface area contributed by atoms with Crippen LogP contribution in [0.2, 0.25) is 0 Å². The molecular formula is C26H25N2O2+. The van der Waals surface area contributed by atoms with Crippen LogP contribution in [0.1, 0.15) is 27.7 Å². The molecule has 1 aliphatic rings. The summed E-state index contributed by atoms with van der Waals surface area (Å²) in [5.41, 5.74) is 3.39. The lowest BCUT2D eigenvalue weighted by Gasteiger charge is -2.36. The van der Waals surface area contributed by atoms with Crippen molar-refractivity contribution in [3.63, 3.8) is 0 Å². The number of para-hydroxylation sites is 1. The van der Waals surface area contributed by atoms with E-state index in [1.165, 1.54) is 16.0 Å². The van der Waals surface area contributed by atoms with E-state index >= 15 is 0 Å². The summed E-state index contributed by atoms with van der Waals surface area (Å²) in [5, 5.41) is 0.971. The number of furan rings is 1. The van der Waals surface area contributed by atoms with Gasteiger partial charge in [-0.3, -0.25) is 4.79 Å². The van der Waals surface area contributed by atoms with Gasteiger partial charge in [-0.15, -0.1) is 0 Å². The number of hydrogen-bond acceptors (Lipinski definition) is 2. The van der Waals surface area contributed by atoms with Gasteiger partial charge in [-0.1, -0.05) is 78.9 Å². The molecule has 0 radical (unpaired) electrons. The number of carbonyl (C=O) groups is 1. The minimum atomic E-state index is -0.0128. The van der Waals surface area contributed by atoms with Gasteiger partial charge in [0.25, 0.3) is 5.91 Å². The molecule has 4 heteroatoms. The van der Waals surface area contributed by atoms with E-state index in [4.69, 9.17) is 4.42 Å². The molecule has 0 aliphatic carbocycles. The van der Waals surface area contributed by atoms with Gasteiger partial charge in [-0.2, -0.15) is 0 Å². The summed E-state index contributed by atoms with van der Waals surface area (Å²) in [6.45, 7) is 3.25. The molecule has 1 fully saturated rings. The average Bonchev–Trinajstić information content (AvgIpc) is 3.25. The lowest BCUT2D eigenvalue weighted by Crippen LogP contribution is -3.15. The van der Waals surface area contributed by atoms with E-state index in [0.717, 1.165) is 37.1 Å². The minimum absolute atomic E-state index is 0.0128. The highest BCUT2D eigenvalue weighted by Crippen LogP contribution is 2.21. The fraction of sp³-hybridized carbons (Fsp3) is 0.192. The van der Waals surface area contributed by atoms with Crippen molar-refractivity contribution in [2.45, 2.75) is 6.04 Å². The normalized spacial score (nSPS) is 15.0. The molecule has 0 unspecified atom stereocenters. The van der Waals surface area contributed by atoms with E-state index in [1.807, 2.05) is 35.2 Å². The highest BCUT2D eigenvalue weighted by molar-refractivity contribution is 5.96. The van der Waals surface area contributed by atoms with Gasteiger partial charge in [0.1, 0.15) is 11.6 Å². The largest absolute Gasteiger partial charge is 0.451 e. The van der Waals surface area contributed by atoms with Gasteiger partial charge in [-0.25, -0.2) is 0 Å². The van der Waals surface area contributed by atoms with Crippen molar-refractivity contribution < 1.29 is 14.1 Å². The first-order valence-corrected chi connectivity index (χ1v) is 10.5. The van der Waals surface area contributed by atoms with E-state index in [0.29, 0.717) is 5.76 Å². The Hall–Kier alpha value is -3.37. The predicted octanol–water partition coefficient (Wildman–Crippen LogP) is 3.56.